The number of allylic oxidation sites excluding steroid dienone is 3. The monoisotopic (exact) mass is 274 g/mol. The molecule has 0 unspecified atom stereocenters. The molecule has 0 amide bonds. The van der Waals surface area contributed by atoms with E-state index in [2.05, 4.69) is 76.7 Å². The smallest absolute Gasteiger partial charge is 0.0118 e. The minimum Gasteiger partial charge on any atom is -0.0984 e. The van der Waals surface area contributed by atoms with Crippen molar-refractivity contribution in [1.82, 2.24) is 0 Å². The molecule has 1 aliphatic rings. The third-order valence-electron chi connectivity index (χ3n) is 4.91. The van der Waals surface area contributed by atoms with Crippen molar-refractivity contribution in [1.29, 1.82) is 0 Å². The van der Waals surface area contributed by atoms with E-state index in [0.29, 0.717) is 0 Å². The Hall–Kier alpha value is -2.08. The molecule has 21 heavy (non-hydrogen) atoms. The van der Waals surface area contributed by atoms with Crippen LogP contribution in [0.25, 0.3) is 16.7 Å². The van der Waals surface area contributed by atoms with E-state index in [1.165, 1.54) is 39.0 Å². The summed E-state index contributed by atoms with van der Waals surface area (Å²) in [4.78, 5) is 0. The van der Waals surface area contributed by atoms with Crippen molar-refractivity contribution < 1.29 is 0 Å². The molecule has 0 radical (unpaired) electrons. The highest BCUT2D eigenvalue weighted by Crippen LogP contribution is 2.47. The maximum Gasteiger partial charge on any atom is 0.0118 e. The van der Waals surface area contributed by atoms with Gasteiger partial charge in [0.25, 0.3) is 0 Å². The van der Waals surface area contributed by atoms with Crippen LogP contribution in [0.15, 0.2) is 60.7 Å². The Kier molecular flexibility index (Phi) is 3.13. The molecule has 1 aliphatic carbocycles. The van der Waals surface area contributed by atoms with Gasteiger partial charge in [0.05, 0.1) is 0 Å². The van der Waals surface area contributed by atoms with Crippen LogP contribution in [0.1, 0.15) is 37.5 Å². The van der Waals surface area contributed by atoms with Gasteiger partial charge in [-0.15, -0.1) is 0 Å². The summed E-state index contributed by atoms with van der Waals surface area (Å²) >= 11 is 0. The van der Waals surface area contributed by atoms with Crippen LogP contribution in [0.2, 0.25) is 0 Å². The lowest BCUT2D eigenvalue weighted by Crippen LogP contribution is -2.15. The molecule has 0 nitrogen and oxygen atoms in total. The summed E-state index contributed by atoms with van der Waals surface area (Å²) in [5, 5.41) is 0. The molecule has 3 rings (SSSR count). The second kappa shape index (κ2) is 4.73. The topological polar surface area (TPSA) is 0 Å². The standard InChI is InChI=1S/C21H22/c1-6-18-15(3)21(4,5)20-13-17(11-12-19(18)20)16-9-7-14(2)8-10-16/h6-13H,1H2,2-5H3. The van der Waals surface area contributed by atoms with Gasteiger partial charge in [-0.05, 0) is 47.7 Å². The normalized spacial score (nSPS) is 16.0. The molecule has 0 N–H and O–H groups in total. The van der Waals surface area contributed by atoms with Crippen molar-refractivity contribution in [2.24, 2.45) is 0 Å². The lowest BCUT2D eigenvalue weighted by molar-refractivity contribution is 0.639. The molecule has 106 valence electrons. The average Bonchev–Trinajstić information content (AvgIpc) is 2.67. The number of aryl methyl sites for hydroxylation is 1. The Morgan fingerprint density at radius 1 is 0.905 bits per heavy atom. The summed E-state index contributed by atoms with van der Waals surface area (Å²) in [6.45, 7) is 12.9. The fraction of sp³-hybridized carbons (Fsp3) is 0.238. The molecule has 0 saturated heterocycles. The van der Waals surface area contributed by atoms with E-state index >= 15 is 0 Å². The zero-order chi connectivity index (χ0) is 15.2. The predicted octanol–water partition coefficient (Wildman–Crippen LogP) is 5.91. The van der Waals surface area contributed by atoms with Crippen molar-refractivity contribution >= 4 is 5.57 Å². The van der Waals surface area contributed by atoms with Crippen molar-refractivity contribution in [3.05, 3.63) is 77.4 Å². The van der Waals surface area contributed by atoms with E-state index in [9.17, 15) is 0 Å². The fourth-order valence-electron chi connectivity index (χ4n) is 3.23. The van der Waals surface area contributed by atoms with Crippen LogP contribution in [0.5, 0.6) is 0 Å². The zero-order valence-corrected chi connectivity index (χ0v) is 13.3. The second-order valence-corrected chi connectivity index (χ2v) is 6.49. The van der Waals surface area contributed by atoms with Gasteiger partial charge in [0.1, 0.15) is 0 Å². The van der Waals surface area contributed by atoms with E-state index in [1.807, 2.05) is 6.08 Å². The Morgan fingerprint density at radius 2 is 1.52 bits per heavy atom. The number of hydrogen-bond donors (Lipinski definition) is 0. The van der Waals surface area contributed by atoms with Crippen LogP contribution in [0.3, 0.4) is 0 Å². The van der Waals surface area contributed by atoms with Gasteiger partial charge in [0.15, 0.2) is 0 Å². The lowest BCUT2D eigenvalue weighted by Gasteiger charge is -2.23. The third-order valence-corrected chi connectivity index (χ3v) is 4.91. The van der Waals surface area contributed by atoms with Crippen LogP contribution in [0.4, 0.5) is 0 Å². The van der Waals surface area contributed by atoms with Gasteiger partial charge >= 0.3 is 0 Å². The summed E-state index contributed by atoms with van der Waals surface area (Å²) in [7, 11) is 0. The van der Waals surface area contributed by atoms with E-state index in [1.54, 1.807) is 0 Å². The van der Waals surface area contributed by atoms with Crippen LogP contribution in [0, 0.1) is 6.92 Å². The van der Waals surface area contributed by atoms with E-state index in [0.717, 1.165) is 0 Å². The Bertz CT molecular complexity index is 740. The highest BCUT2D eigenvalue weighted by atomic mass is 14.4. The van der Waals surface area contributed by atoms with Crippen molar-refractivity contribution in [3.63, 3.8) is 0 Å². The van der Waals surface area contributed by atoms with Crippen molar-refractivity contribution in [2.75, 3.05) is 0 Å². The first-order valence-corrected chi connectivity index (χ1v) is 7.51. The maximum atomic E-state index is 3.99. The first kappa shape index (κ1) is 13.9. The van der Waals surface area contributed by atoms with Gasteiger partial charge in [-0.25, -0.2) is 0 Å². The molecule has 2 aromatic carbocycles. The maximum absolute atomic E-state index is 3.99. The summed E-state index contributed by atoms with van der Waals surface area (Å²) in [6, 6.07) is 15.6. The number of rotatable bonds is 2. The average molecular weight is 274 g/mol. The summed E-state index contributed by atoms with van der Waals surface area (Å²) in [6.07, 6.45) is 1.99. The minimum atomic E-state index is 0.0829. The molecule has 0 atom stereocenters. The Balaban J connectivity index is 2.15. The number of hydrogen-bond acceptors (Lipinski definition) is 0. The predicted molar refractivity (Wildman–Crippen MR) is 92.4 cm³/mol. The van der Waals surface area contributed by atoms with Gasteiger partial charge in [-0.3, -0.25) is 0 Å². The van der Waals surface area contributed by atoms with E-state index < -0.39 is 0 Å². The van der Waals surface area contributed by atoms with Crippen molar-refractivity contribution in [2.45, 2.75) is 33.1 Å². The summed E-state index contributed by atoms with van der Waals surface area (Å²) in [5.41, 5.74) is 9.41. The molecule has 0 aliphatic heterocycles. The SMILES string of the molecule is C=CC1=C(C)C(C)(C)c2cc(-c3ccc(C)cc3)ccc21. The highest BCUT2D eigenvalue weighted by Gasteiger charge is 2.34. The Labute approximate surface area is 127 Å². The van der Waals surface area contributed by atoms with Gasteiger partial charge in [0.2, 0.25) is 0 Å². The Morgan fingerprint density at radius 3 is 2.14 bits per heavy atom. The number of benzene rings is 2. The first-order chi connectivity index (χ1) is 9.95. The summed E-state index contributed by atoms with van der Waals surface area (Å²) in [5.74, 6) is 0. The largest absolute Gasteiger partial charge is 0.0984 e. The van der Waals surface area contributed by atoms with Gasteiger partial charge < -0.3 is 0 Å². The van der Waals surface area contributed by atoms with Gasteiger partial charge in [-0.2, -0.15) is 0 Å². The molecular weight excluding hydrogens is 252 g/mol. The third kappa shape index (κ3) is 2.06. The van der Waals surface area contributed by atoms with Crippen LogP contribution in [-0.2, 0) is 5.41 Å². The van der Waals surface area contributed by atoms with Gasteiger partial charge in [0, 0.05) is 5.41 Å². The number of fused-ring (bicyclic) bond motifs is 1. The van der Waals surface area contributed by atoms with Gasteiger partial charge in [-0.1, -0.05) is 74.0 Å². The van der Waals surface area contributed by atoms with Crippen molar-refractivity contribution in [3.8, 4) is 11.1 Å². The lowest BCUT2D eigenvalue weighted by atomic mass is 9.81. The molecule has 0 heteroatoms. The zero-order valence-electron chi connectivity index (χ0n) is 13.3. The first-order valence-electron chi connectivity index (χ1n) is 7.51. The molecule has 0 heterocycles. The molecule has 0 saturated carbocycles. The molecule has 2 aromatic rings. The van der Waals surface area contributed by atoms with E-state index in [4.69, 9.17) is 0 Å². The molecule has 0 fully saturated rings. The molecular formula is C21H22. The van der Waals surface area contributed by atoms with Crippen LogP contribution >= 0.6 is 0 Å². The molecule has 0 aromatic heterocycles. The summed E-state index contributed by atoms with van der Waals surface area (Å²) < 4.78 is 0. The fourth-order valence-corrected chi connectivity index (χ4v) is 3.23. The van der Waals surface area contributed by atoms with Crippen LogP contribution in [-0.4, -0.2) is 0 Å². The minimum absolute atomic E-state index is 0.0829. The van der Waals surface area contributed by atoms with E-state index in [-0.39, 0.29) is 5.41 Å². The quantitative estimate of drug-likeness (QED) is 0.638. The molecule has 0 bridgehead atoms. The second-order valence-electron chi connectivity index (χ2n) is 6.49. The van der Waals surface area contributed by atoms with Crippen LogP contribution < -0.4 is 0 Å². The molecule has 0 spiro atoms. The highest BCUT2D eigenvalue weighted by molar-refractivity contribution is 5.86.